The molecule has 0 saturated carbocycles. The third-order valence-electron chi connectivity index (χ3n) is 7.52. The zero-order valence-electron chi connectivity index (χ0n) is 20.9. The summed E-state index contributed by atoms with van der Waals surface area (Å²) in [7, 11) is 0. The first-order chi connectivity index (χ1) is 17.5. The first-order valence-electron chi connectivity index (χ1n) is 12.8. The number of allylic oxidation sites excluding steroid dienone is 2. The van der Waals surface area contributed by atoms with Crippen molar-refractivity contribution in [3.8, 4) is 0 Å². The van der Waals surface area contributed by atoms with Gasteiger partial charge in [0.25, 0.3) is 5.91 Å². The monoisotopic (exact) mass is 484 g/mol. The van der Waals surface area contributed by atoms with Crippen LogP contribution in [-0.4, -0.2) is 52.4 Å². The predicted octanol–water partition coefficient (Wildman–Crippen LogP) is 3.93. The van der Waals surface area contributed by atoms with E-state index in [1.807, 2.05) is 56.5 Å². The normalized spacial score (nSPS) is 19.7. The Labute approximate surface area is 211 Å². The molecule has 1 saturated heterocycles. The van der Waals surface area contributed by atoms with E-state index in [1.165, 1.54) is 5.57 Å². The predicted molar refractivity (Wildman–Crippen MR) is 139 cm³/mol. The number of carbonyl (C=O) groups excluding carboxylic acids is 3. The highest BCUT2D eigenvalue weighted by atomic mass is 16.2. The molecule has 2 atom stereocenters. The SMILES string of the molecule is CCC(C(=O)N1CCCC1C(=O)NCc1ccc(C2=C(C)N=CC2)cc1)N1Cc2ccccc2C1=O. The Balaban J connectivity index is 1.22. The number of nitrogens with one attached hydrogen (secondary N) is 1. The number of rotatable bonds is 7. The number of benzene rings is 2. The molecule has 3 aliphatic rings. The average molecular weight is 485 g/mol. The molecule has 7 nitrogen and oxygen atoms in total. The maximum Gasteiger partial charge on any atom is 0.255 e. The maximum absolute atomic E-state index is 13.6. The number of hydrogen-bond donors (Lipinski definition) is 1. The smallest absolute Gasteiger partial charge is 0.255 e. The number of nitrogens with zero attached hydrogens (tertiary/aromatic N) is 3. The van der Waals surface area contributed by atoms with Crippen LogP contribution in [0.2, 0.25) is 0 Å². The first kappa shape index (κ1) is 24.0. The van der Waals surface area contributed by atoms with Crippen molar-refractivity contribution in [1.82, 2.24) is 15.1 Å². The van der Waals surface area contributed by atoms with Gasteiger partial charge in [-0.15, -0.1) is 0 Å². The Morgan fingerprint density at radius 1 is 1.14 bits per heavy atom. The van der Waals surface area contributed by atoms with E-state index >= 15 is 0 Å². The molecule has 0 aromatic heterocycles. The minimum atomic E-state index is -0.567. The van der Waals surface area contributed by atoms with Gasteiger partial charge >= 0.3 is 0 Å². The second-order valence-corrected chi connectivity index (χ2v) is 9.70. The van der Waals surface area contributed by atoms with Crippen LogP contribution in [0.3, 0.4) is 0 Å². The second-order valence-electron chi connectivity index (χ2n) is 9.70. The molecular formula is C29H32N4O3. The molecule has 36 heavy (non-hydrogen) atoms. The lowest BCUT2D eigenvalue weighted by molar-refractivity contribution is -0.142. The van der Waals surface area contributed by atoms with E-state index < -0.39 is 12.1 Å². The van der Waals surface area contributed by atoms with Gasteiger partial charge in [0.05, 0.1) is 0 Å². The summed E-state index contributed by atoms with van der Waals surface area (Å²) in [4.78, 5) is 47.4. The van der Waals surface area contributed by atoms with Crippen LogP contribution in [0.5, 0.6) is 0 Å². The lowest BCUT2D eigenvalue weighted by atomic mass is 10.0. The Bertz CT molecular complexity index is 1250. The molecule has 0 spiro atoms. The fourth-order valence-electron chi connectivity index (χ4n) is 5.51. The van der Waals surface area contributed by atoms with Crippen molar-refractivity contribution in [1.29, 1.82) is 0 Å². The van der Waals surface area contributed by atoms with E-state index in [0.29, 0.717) is 38.0 Å². The first-order valence-corrected chi connectivity index (χ1v) is 12.8. The van der Waals surface area contributed by atoms with Crippen LogP contribution in [0.1, 0.15) is 66.6 Å². The molecule has 3 heterocycles. The van der Waals surface area contributed by atoms with Gasteiger partial charge < -0.3 is 15.1 Å². The van der Waals surface area contributed by atoms with Crippen molar-refractivity contribution in [3.63, 3.8) is 0 Å². The molecule has 186 valence electrons. The number of fused-ring (bicyclic) bond motifs is 1. The molecule has 3 amide bonds. The summed E-state index contributed by atoms with van der Waals surface area (Å²) in [5.74, 6) is -0.383. The number of aliphatic imine (C=N–C) groups is 1. The highest BCUT2D eigenvalue weighted by Crippen LogP contribution is 2.29. The maximum atomic E-state index is 13.6. The van der Waals surface area contributed by atoms with Crippen LogP contribution < -0.4 is 5.32 Å². The lowest BCUT2D eigenvalue weighted by Crippen LogP contribution is -2.53. The van der Waals surface area contributed by atoms with Gasteiger partial charge in [-0.05, 0) is 54.5 Å². The van der Waals surface area contributed by atoms with E-state index in [2.05, 4.69) is 22.4 Å². The van der Waals surface area contributed by atoms with E-state index in [-0.39, 0.29) is 17.7 Å². The molecule has 0 bridgehead atoms. The van der Waals surface area contributed by atoms with Gasteiger partial charge in [-0.2, -0.15) is 0 Å². The molecule has 2 aromatic carbocycles. The number of likely N-dealkylation sites (tertiary alicyclic amines) is 1. The molecule has 1 N–H and O–H groups in total. The van der Waals surface area contributed by atoms with Gasteiger partial charge in [0.15, 0.2) is 0 Å². The van der Waals surface area contributed by atoms with Gasteiger partial charge in [0.2, 0.25) is 11.8 Å². The van der Waals surface area contributed by atoms with Gasteiger partial charge in [0, 0.05) is 43.5 Å². The Kier molecular flexibility index (Phi) is 6.72. The number of hydrogen-bond acceptors (Lipinski definition) is 4. The van der Waals surface area contributed by atoms with Crippen molar-refractivity contribution in [2.45, 2.75) is 64.7 Å². The summed E-state index contributed by atoms with van der Waals surface area (Å²) < 4.78 is 0. The fourth-order valence-corrected chi connectivity index (χ4v) is 5.51. The van der Waals surface area contributed by atoms with Gasteiger partial charge in [-0.1, -0.05) is 49.4 Å². The van der Waals surface area contributed by atoms with E-state index in [4.69, 9.17) is 0 Å². The summed E-state index contributed by atoms with van der Waals surface area (Å²) in [6.45, 7) is 5.31. The van der Waals surface area contributed by atoms with Crippen LogP contribution in [0.4, 0.5) is 0 Å². The Morgan fingerprint density at radius 2 is 1.92 bits per heavy atom. The third-order valence-corrected chi connectivity index (χ3v) is 7.52. The zero-order valence-corrected chi connectivity index (χ0v) is 20.9. The molecule has 0 radical (unpaired) electrons. The second kappa shape index (κ2) is 10.1. The number of carbonyl (C=O) groups is 3. The van der Waals surface area contributed by atoms with Crippen molar-refractivity contribution in [3.05, 3.63) is 76.5 Å². The van der Waals surface area contributed by atoms with Gasteiger partial charge in [-0.25, -0.2) is 0 Å². The summed E-state index contributed by atoms with van der Waals surface area (Å²) in [5, 5.41) is 3.02. The van der Waals surface area contributed by atoms with Crippen molar-refractivity contribution >= 4 is 29.5 Å². The van der Waals surface area contributed by atoms with Crippen LogP contribution >= 0.6 is 0 Å². The summed E-state index contributed by atoms with van der Waals surface area (Å²) >= 11 is 0. The molecule has 1 fully saturated rings. The van der Waals surface area contributed by atoms with Crippen LogP contribution in [0.25, 0.3) is 5.57 Å². The van der Waals surface area contributed by atoms with Crippen LogP contribution in [-0.2, 0) is 22.7 Å². The molecular weight excluding hydrogens is 452 g/mol. The van der Waals surface area contributed by atoms with Gasteiger partial charge in [-0.3, -0.25) is 19.4 Å². The Hall–Kier alpha value is -3.74. The van der Waals surface area contributed by atoms with Crippen molar-refractivity contribution < 1.29 is 14.4 Å². The lowest BCUT2D eigenvalue weighted by Gasteiger charge is -2.32. The molecule has 3 aliphatic heterocycles. The Morgan fingerprint density at radius 3 is 2.61 bits per heavy atom. The van der Waals surface area contributed by atoms with Gasteiger partial charge in [0.1, 0.15) is 12.1 Å². The third kappa shape index (κ3) is 4.45. The average Bonchev–Trinajstić information content (AvgIpc) is 3.63. The summed E-state index contributed by atoms with van der Waals surface area (Å²) in [5.41, 5.74) is 6.05. The van der Waals surface area contributed by atoms with E-state index in [0.717, 1.165) is 35.2 Å². The molecule has 2 aromatic rings. The van der Waals surface area contributed by atoms with E-state index in [1.54, 1.807) is 9.80 Å². The summed E-state index contributed by atoms with van der Waals surface area (Å²) in [6, 6.07) is 14.6. The highest BCUT2D eigenvalue weighted by molar-refractivity contribution is 6.01. The number of amides is 3. The van der Waals surface area contributed by atoms with E-state index in [9.17, 15) is 14.4 Å². The van der Waals surface area contributed by atoms with Crippen LogP contribution in [0.15, 0.2) is 59.2 Å². The molecule has 2 unspecified atom stereocenters. The molecule has 5 rings (SSSR count). The topological polar surface area (TPSA) is 82.1 Å². The molecule has 7 heteroatoms. The van der Waals surface area contributed by atoms with Crippen molar-refractivity contribution in [2.75, 3.05) is 6.54 Å². The zero-order chi connectivity index (χ0) is 25.2. The summed E-state index contributed by atoms with van der Waals surface area (Å²) in [6.07, 6.45) is 4.70. The standard InChI is InChI=1S/C29H32N4O3/c1-3-25(33-18-22-7-4-5-8-24(22)28(33)35)29(36)32-16-6-9-26(32)27(34)31-17-20-10-12-21(13-11-20)23-14-15-30-19(23)2/h4-5,7-8,10-13,15,25-26H,3,6,9,14,16-18H2,1-2H3,(H,31,34). The quantitative estimate of drug-likeness (QED) is 0.646. The minimum Gasteiger partial charge on any atom is -0.350 e. The molecule has 0 aliphatic carbocycles. The highest BCUT2D eigenvalue weighted by Gasteiger charge is 2.41. The minimum absolute atomic E-state index is 0.107. The fraction of sp³-hybridized carbons (Fsp3) is 0.379. The van der Waals surface area contributed by atoms with Crippen molar-refractivity contribution in [2.24, 2.45) is 4.99 Å². The largest absolute Gasteiger partial charge is 0.350 e. The van der Waals surface area contributed by atoms with Crippen LogP contribution in [0, 0.1) is 0 Å².